The smallest absolute Gasteiger partial charge is 0.339 e. The third-order valence-corrected chi connectivity index (χ3v) is 18.5. The topological polar surface area (TPSA) is 111 Å². The molecule has 0 aliphatic heterocycles. The van der Waals surface area contributed by atoms with E-state index in [1.54, 1.807) is 24.3 Å². The van der Waals surface area contributed by atoms with Gasteiger partial charge in [-0.3, -0.25) is 0 Å². The van der Waals surface area contributed by atoms with E-state index < -0.39 is 26.5 Å². The van der Waals surface area contributed by atoms with E-state index in [-0.39, 0.29) is 68.2 Å². The van der Waals surface area contributed by atoms with Crippen LogP contribution < -0.4 is 32.8 Å². The highest BCUT2D eigenvalue weighted by Crippen LogP contribution is 2.46. The fraction of sp³-hybridized carbons (Fsp3) is 0.214. The predicted molar refractivity (Wildman–Crippen MR) is 320 cm³/mol. The van der Waals surface area contributed by atoms with Gasteiger partial charge in [0, 0.05) is 12.0 Å². The lowest BCUT2D eigenvalue weighted by molar-refractivity contribution is -0.0198. The van der Waals surface area contributed by atoms with Crippen molar-refractivity contribution in [3.8, 4) is 40.2 Å². The summed E-state index contributed by atoms with van der Waals surface area (Å²) in [6, 6.07) is 73.2. The zero-order valence-electron chi connectivity index (χ0n) is 46.7. The van der Waals surface area contributed by atoms with E-state index in [0.29, 0.717) is 34.3 Å². The van der Waals surface area contributed by atoms with Crippen LogP contribution in [0.25, 0.3) is 0 Å². The first-order valence-corrected chi connectivity index (χ1v) is 30.3. The first-order chi connectivity index (χ1) is 39.3. The Hall–Kier alpha value is -8.77. The molecule has 0 aromatic heterocycles. The first-order valence-electron chi connectivity index (χ1n) is 27.4. The van der Waals surface area contributed by atoms with E-state index in [1.165, 1.54) is 0 Å². The standard InChI is InChI=1S/C70H70O10Si/c1-70(2,3)81(4,5)80-61-39-25-24-38-57(61)40-60(71)66(58-41-62(73-45-51-26-12-6-13-27-51)67(77-49-55-34-20-10-21-35-55)63(42-58)74-46-52-28-14-7-15-29-52)79-69(72)59-43-64(75-47-53-30-16-8-17-31-53)68(78-50-56-36-22-11-23-37-56)65(44-59)76-48-54-32-18-9-19-33-54/h6-39,41-44,60,66,71H,40,45-50H2,1-5H3/t60-,66-/m1/s1. The van der Waals surface area contributed by atoms with Gasteiger partial charge in [0.2, 0.25) is 19.8 Å². The number of para-hydroxylation sites is 1. The Kier molecular flexibility index (Phi) is 19.3. The molecule has 0 unspecified atom stereocenters. The van der Waals surface area contributed by atoms with Crippen LogP contribution in [-0.2, 0) is 50.8 Å². The van der Waals surface area contributed by atoms with Crippen molar-refractivity contribution in [1.29, 1.82) is 0 Å². The Morgan fingerprint density at radius 1 is 0.420 bits per heavy atom. The van der Waals surface area contributed by atoms with Crippen molar-refractivity contribution >= 4 is 14.3 Å². The van der Waals surface area contributed by atoms with Crippen LogP contribution in [0.15, 0.2) is 231 Å². The Labute approximate surface area is 477 Å². The van der Waals surface area contributed by atoms with Crippen molar-refractivity contribution in [1.82, 2.24) is 0 Å². The molecule has 0 radical (unpaired) electrons. The molecule has 414 valence electrons. The number of aliphatic hydroxyl groups excluding tert-OH is 1. The van der Waals surface area contributed by atoms with Crippen LogP contribution in [-0.4, -0.2) is 25.5 Å². The van der Waals surface area contributed by atoms with Gasteiger partial charge >= 0.3 is 5.97 Å². The Morgan fingerprint density at radius 3 is 1.07 bits per heavy atom. The molecule has 81 heavy (non-hydrogen) atoms. The third-order valence-electron chi connectivity index (χ3n) is 14.2. The normalized spacial score (nSPS) is 12.1. The van der Waals surface area contributed by atoms with E-state index in [1.807, 2.05) is 206 Å². The SMILES string of the molecule is CC(C)(C)[Si](C)(C)Oc1ccccc1C[C@@H](O)[C@H](OC(=O)c1cc(OCc2ccccc2)c(OCc2ccccc2)c(OCc2ccccc2)c1)c1cc(OCc2ccccc2)c(OCc2ccccc2)c(OCc2ccccc2)c1. The zero-order chi connectivity index (χ0) is 56.4. The van der Waals surface area contributed by atoms with Crippen molar-refractivity contribution in [3.05, 3.63) is 281 Å². The molecular formula is C70H70O10Si. The van der Waals surface area contributed by atoms with Crippen LogP contribution in [0.4, 0.5) is 0 Å². The van der Waals surface area contributed by atoms with Gasteiger partial charge in [-0.05, 0) is 87.4 Å². The minimum absolute atomic E-state index is 0.0402. The maximum absolute atomic E-state index is 15.4. The lowest BCUT2D eigenvalue weighted by Crippen LogP contribution is -2.44. The van der Waals surface area contributed by atoms with Crippen molar-refractivity contribution in [3.63, 3.8) is 0 Å². The molecule has 0 fully saturated rings. The second-order valence-corrected chi connectivity index (χ2v) is 26.1. The third kappa shape index (κ3) is 16.0. The summed E-state index contributed by atoms with van der Waals surface area (Å²) >= 11 is 0. The average Bonchev–Trinajstić information content (AvgIpc) is 3.53. The van der Waals surface area contributed by atoms with Crippen molar-refractivity contribution in [2.75, 3.05) is 0 Å². The Bertz CT molecular complexity index is 3260. The van der Waals surface area contributed by atoms with Gasteiger partial charge in [0.25, 0.3) is 0 Å². The van der Waals surface area contributed by atoms with Crippen LogP contribution in [0.3, 0.4) is 0 Å². The monoisotopic (exact) mass is 1100 g/mol. The number of ether oxygens (including phenoxy) is 7. The molecule has 0 bridgehead atoms. The van der Waals surface area contributed by atoms with Gasteiger partial charge in [-0.1, -0.05) is 221 Å². The molecule has 11 heteroatoms. The molecule has 0 saturated carbocycles. The lowest BCUT2D eigenvalue weighted by Gasteiger charge is -2.37. The minimum Gasteiger partial charge on any atom is -0.543 e. The largest absolute Gasteiger partial charge is 0.543 e. The highest BCUT2D eigenvalue weighted by Gasteiger charge is 2.40. The molecular weight excluding hydrogens is 1030 g/mol. The van der Waals surface area contributed by atoms with Crippen LogP contribution in [0.2, 0.25) is 18.1 Å². The maximum Gasteiger partial charge on any atom is 0.339 e. The van der Waals surface area contributed by atoms with Gasteiger partial charge in [0.15, 0.2) is 29.1 Å². The number of aliphatic hydroxyl groups is 1. The van der Waals surface area contributed by atoms with Crippen LogP contribution in [0.5, 0.6) is 40.2 Å². The highest BCUT2D eigenvalue weighted by molar-refractivity contribution is 6.74. The van der Waals surface area contributed by atoms with E-state index in [4.69, 9.17) is 37.6 Å². The second-order valence-electron chi connectivity index (χ2n) is 21.4. The summed E-state index contributed by atoms with van der Waals surface area (Å²) < 4.78 is 53.6. The Balaban J connectivity index is 1.17. The highest BCUT2D eigenvalue weighted by atomic mass is 28.4. The summed E-state index contributed by atoms with van der Waals surface area (Å²) in [6.07, 6.45) is -2.65. The number of carbonyl (C=O) groups is 1. The molecule has 0 saturated heterocycles. The molecule has 0 heterocycles. The maximum atomic E-state index is 15.4. The summed E-state index contributed by atoms with van der Waals surface area (Å²) in [6.45, 7) is 12.0. The Morgan fingerprint density at radius 2 is 0.728 bits per heavy atom. The van der Waals surface area contributed by atoms with Crippen LogP contribution >= 0.6 is 0 Å². The molecule has 2 atom stereocenters. The molecule has 9 aromatic carbocycles. The molecule has 0 amide bonds. The summed E-state index contributed by atoms with van der Waals surface area (Å²) in [5, 5.41) is 12.9. The number of esters is 1. The van der Waals surface area contributed by atoms with E-state index in [9.17, 15) is 5.11 Å². The van der Waals surface area contributed by atoms with Crippen molar-refractivity contribution in [2.24, 2.45) is 0 Å². The number of rotatable bonds is 26. The van der Waals surface area contributed by atoms with Gasteiger partial charge in [-0.25, -0.2) is 4.79 Å². The zero-order valence-corrected chi connectivity index (χ0v) is 47.7. The minimum atomic E-state index is -2.36. The number of benzene rings is 9. The summed E-state index contributed by atoms with van der Waals surface area (Å²) in [5.41, 5.74) is 6.71. The van der Waals surface area contributed by atoms with Crippen molar-refractivity contribution < 1.29 is 47.5 Å². The molecule has 1 N–H and O–H groups in total. The summed E-state index contributed by atoms with van der Waals surface area (Å²) in [4.78, 5) is 15.4. The number of hydrogen-bond donors (Lipinski definition) is 1. The first kappa shape index (κ1) is 56.9. The van der Waals surface area contributed by atoms with E-state index in [2.05, 4.69) is 33.9 Å². The van der Waals surface area contributed by atoms with Gasteiger partial charge in [-0.15, -0.1) is 0 Å². The lowest BCUT2D eigenvalue weighted by atomic mass is 9.97. The number of hydrogen-bond acceptors (Lipinski definition) is 10. The fourth-order valence-corrected chi connectivity index (χ4v) is 9.71. The van der Waals surface area contributed by atoms with E-state index in [0.717, 1.165) is 38.9 Å². The van der Waals surface area contributed by atoms with E-state index >= 15 is 4.79 Å². The predicted octanol–water partition coefficient (Wildman–Crippen LogP) is 16.0. The molecule has 10 nitrogen and oxygen atoms in total. The van der Waals surface area contributed by atoms with Crippen molar-refractivity contribution in [2.45, 2.75) is 97.2 Å². The summed E-state index contributed by atoms with van der Waals surface area (Å²) in [7, 11) is -2.36. The fourth-order valence-electron chi connectivity index (χ4n) is 8.65. The molecule has 0 aliphatic rings. The quantitative estimate of drug-likeness (QED) is 0.0416. The van der Waals surface area contributed by atoms with Crippen LogP contribution in [0, 0.1) is 0 Å². The van der Waals surface area contributed by atoms with Gasteiger partial charge in [0.05, 0.1) is 11.7 Å². The van der Waals surface area contributed by atoms with Gasteiger partial charge < -0.3 is 42.7 Å². The molecule has 9 aromatic rings. The molecule has 0 aliphatic carbocycles. The average molecular weight is 1100 g/mol. The van der Waals surface area contributed by atoms with Gasteiger partial charge in [0.1, 0.15) is 45.4 Å². The van der Waals surface area contributed by atoms with Crippen LogP contribution in [0.1, 0.15) is 81.7 Å². The number of carbonyl (C=O) groups excluding carboxylic acids is 1. The molecule has 9 rings (SSSR count). The van der Waals surface area contributed by atoms with Gasteiger partial charge in [-0.2, -0.15) is 0 Å². The second kappa shape index (κ2) is 27.4. The molecule has 0 spiro atoms. The summed E-state index contributed by atoms with van der Waals surface area (Å²) in [5.74, 6) is 1.69.